The predicted octanol–water partition coefficient (Wildman–Crippen LogP) is 4.35. The van der Waals surface area contributed by atoms with Gasteiger partial charge in [-0.3, -0.25) is 0 Å². The largest absolute Gasteiger partial charge is 0.457 e. The average Bonchev–Trinajstić information content (AvgIpc) is 2.54. The van der Waals surface area contributed by atoms with Crippen LogP contribution in [0, 0.1) is 30.6 Å². The van der Waals surface area contributed by atoms with Gasteiger partial charge >= 0.3 is 5.76 Å². The third-order valence-corrected chi connectivity index (χ3v) is 4.77. The van der Waals surface area contributed by atoms with Gasteiger partial charge in [-0.1, -0.05) is 0 Å². The van der Waals surface area contributed by atoms with Crippen molar-refractivity contribution < 1.29 is 26.3 Å². The fourth-order valence-corrected chi connectivity index (χ4v) is 3.07. The molecule has 9 heteroatoms. The first-order chi connectivity index (χ1) is 11.7. The van der Waals surface area contributed by atoms with Crippen molar-refractivity contribution in [2.24, 2.45) is 0 Å². The van der Waals surface area contributed by atoms with Gasteiger partial charge in [-0.15, -0.1) is 0 Å². The first kappa shape index (κ1) is 18.3. The highest BCUT2D eigenvalue weighted by Crippen LogP contribution is 2.34. The molecule has 0 atom stereocenters. The summed E-state index contributed by atoms with van der Waals surface area (Å²) in [6.45, 7) is 8.07. The Hall–Kier alpha value is -3.04. The second kappa shape index (κ2) is 6.83. The number of rotatable bonds is 4. The molecule has 0 aliphatic rings. The van der Waals surface area contributed by atoms with Crippen molar-refractivity contribution in [3.05, 3.63) is 58.7 Å². The first-order valence-electron chi connectivity index (χ1n) is 6.62. The lowest BCUT2D eigenvalue weighted by Crippen LogP contribution is -2.13. The summed E-state index contributed by atoms with van der Waals surface area (Å²) < 4.78 is 67.5. The van der Waals surface area contributed by atoms with Crippen LogP contribution in [0.25, 0.3) is 4.85 Å². The number of nitrogens with zero attached hydrogens (tertiary/aromatic N) is 2. The predicted molar refractivity (Wildman–Crippen MR) is 81.8 cm³/mol. The first-order valence-corrected chi connectivity index (χ1v) is 8.17. The topological polar surface area (TPSA) is 71.5 Å². The van der Waals surface area contributed by atoms with E-state index in [-0.39, 0.29) is 28.3 Å². The van der Waals surface area contributed by atoms with E-state index in [1.54, 1.807) is 6.07 Å². The van der Waals surface area contributed by atoms with Gasteiger partial charge in [-0.2, -0.15) is 14.0 Å². The lowest BCUT2D eigenvalue weighted by molar-refractivity contribution is 0.234. The molecule has 128 valence electrons. The summed E-state index contributed by atoms with van der Waals surface area (Å²) in [6, 6.07) is 6.78. The molecule has 0 bridgehead atoms. The quantitative estimate of drug-likeness (QED) is 0.755. The molecule has 0 aromatic heterocycles. The van der Waals surface area contributed by atoms with Crippen LogP contribution in [0.4, 0.5) is 18.9 Å². The number of halogens is 3. The summed E-state index contributed by atoms with van der Waals surface area (Å²) in [5.74, 6) is -4.61. The van der Waals surface area contributed by atoms with Crippen molar-refractivity contribution in [1.82, 2.24) is 0 Å². The van der Waals surface area contributed by atoms with Crippen molar-refractivity contribution in [3.63, 3.8) is 0 Å². The third-order valence-electron chi connectivity index (χ3n) is 3.24. The van der Waals surface area contributed by atoms with Crippen molar-refractivity contribution in [3.8, 4) is 17.6 Å². The van der Waals surface area contributed by atoms with Crippen molar-refractivity contribution in [1.29, 1.82) is 5.26 Å². The van der Waals surface area contributed by atoms with Gasteiger partial charge in [0.2, 0.25) is 9.84 Å². The van der Waals surface area contributed by atoms with Gasteiger partial charge in [0.15, 0.2) is 5.69 Å². The van der Waals surface area contributed by atoms with Crippen LogP contribution in [0.3, 0.4) is 0 Å². The minimum Gasteiger partial charge on any atom is -0.457 e. The fourth-order valence-electron chi connectivity index (χ4n) is 2.09. The van der Waals surface area contributed by atoms with E-state index >= 15 is 0 Å². The van der Waals surface area contributed by atoms with Gasteiger partial charge in [0.05, 0.1) is 17.0 Å². The van der Waals surface area contributed by atoms with Crippen LogP contribution >= 0.6 is 0 Å². The molecule has 0 saturated carbocycles. The minimum absolute atomic E-state index is 0.0397. The molecule has 0 aliphatic heterocycles. The molecule has 0 N–H and O–H groups in total. The smallest absolute Gasteiger partial charge is 0.341 e. The Morgan fingerprint density at radius 2 is 1.96 bits per heavy atom. The number of hydrogen-bond donors (Lipinski definition) is 0. The molecule has 2 rings (SSSR count). The Kier molecular flexibility index (Phi) is 5.00. The summed E-state index contributed by atoms with van der Waals surface area (Å²) >= 11 is 0. The highest BCUT2D eigenvalue weighted by Gasteiger charge is 2.30. The zero-order chi connectivity index (χ0) is 18.8. The lowest BCUT2D eigenvalue weighted by Gasteiger charge is -2.13. The van der Waals surface area contributed by atoms with Crippen molar-refractivity contribution in [2.75, 3.05) is 0 Å². The molecule has 2 aromatic rings. The molecular weight excluding hydrogens is 357 g/mol. The number of benzene rings is 2. The number of sulfone groups is 1. The molecule has 0 radical (unpaired) electrons. The summed E-state index contributed by atoms with van der Waals surface area (Å²) in [4.78, 5) is 2.37. The molecule has 0 spiro atoms. The van der Waals surface area contributed by atoms with Crippen LogP contribution in [-0.4, -0.2) is 14.2 Å². The van der Waals surface area contributed by atoms with Crippen LogP contribution in [0.15, 0.2) is 35.2 Å². The Bertz CT molecular complexity index is 1020. The van der Waals surface area contributed by atoms with Crippen LogP contribution < -0.4 is 4.74 Å². The maximum absolute atomic E-state index is 13.4. The Balaban J connectivity index is 2.55. The molecule has 0 fully saturated rings. The average molecular weight is 366 g/mol. The monoisotopic (exact) mass is 366 g/mol. The lowest BCUT2D eigenvalue weighted by atomic mass is 10.1. The zero-order valence-corrected chi connectivity index (χ0v) is 13.4. The summed E-state index contributed by atoms with van der Waals surface area (Å²) in [7, 11) is -4.89. The van der Waals surface area contributed by atoms with Gasteiger partial charge in [0.1, 0.15) is 23.4 Å². The van der Waals surface area contributed by atoms with Crippen LogP contribution in [0.1, 0.15) is 11.1 Å². The third kappa shape index (κ3) is 3.57. The minimum atomic E-state index is -4.89. The van der Waals surface area contributed by atoms with Gasteiger partial charge in [-0.25, -0.2) is 17.7 Å². The fraction of sp³-hybridized carbons (Fsp3) is 0.125. The summed E-state index contributed by atoms with van der Waals surface area (Å²) in [5.41, 5.74) is -0.528. The normalized spacial score (nSPS) is 11.0. The number of nitriles is 1. The van der Waals surface area contributed by atoms with Crippen molar-refractivity contribution >= 4 is 15.5 Å². The number of hydrogen-bond acceptors (Lipinski definition) is 4. The SMILES string of the molecule is [C-]#[N+]c1cc(F)cc(Oc2ccc(S(=O)(=O)C(F)F)c(C)c2C#N)c1. The van der Waals surface area contributed by atoms with E-state index in [4.69, 9.17) is 11.3 Å². The Labute approximate surface area is 141 Å². The number of ether oxygens (including phenoxy) is 1. The zero-order valence-electron chi connectivity index (χ0n) is 12.6. The molecule has 0 amide bonds. The maximum Gasteiger partial charge on any atom is 0.341 e. The van der Waals surface area contributed by atoms with Gasteiger partial charge in [-0.05, 0) is 36.8 Å². The molecular formula is C16H9F3N2O3S. The van der Waals surface area contributed by atoms with E-state index in [1.807, 2.05) is 0 Å². The maximum atomic E-state index is 13.4. The van der Waals surface area contributed by atoms with E-state index in [2.05, 4.69) is 4.85 Å². The summed E-state index contributed by atoms with van der Waals surface area (Å²) in [6.07, 6.45) is 0. The number of alkyl halides is 2. The van der Waals surface area contributed by atoms with Gasteiger partial charge in [0.25, 0.3) is 0 Å². The van der Waals surface area contributed by atoms with E-state index in [9.17, 15) is 26.9 Å². The van der Waals surface area contributed by atoms with E-state index in [1.165, 1.54) is 13.0 Å². The summed E-state index contributed by atoms with van der Waals surface area (Å²) in [5, 5.41) is 9.23. The highest BCUT2D eigenvalue weighted by atomic mass is 32.2. The van der Waals surface area contributed by atoms with E-state index in [0.29, 0.717) is 0 Å². The molecule has 5 nitrogen and oxygen atoms in total. The standard InChI is InChI=1S/C16H9F3N2O3S/c1-9-13(8-20)14(3-4-15(9)25(22,23)16(18)19)24-12-6-10(17)5-11(7-12)21-2/h3-7,16H,1H3. The van der Waals surface area contributed by atoms with Crippen molar-refractivity contribution in [2.45, 2.75) is 17.6 Å². The highest BCUT2D eigenvalue weighted by molar-refractivity contribution is 7.91. The second-order valence-corrected chi connectivity index (χ2v) is 6.72. The van der Waals surface area contributed by atoms with Crippen LogP contribution in [-0.2, 0) is 9.84 Å². The van der Waals surface area contributed by atoms with Crippen LogP contribution in [0.5, 0.6) is 11.5 Å². The van der Waals surface area contributed by atoms with E-state index in [0.717, 1.165) is 24.3 Å². The second-order valence-electron chi connectivity index (χ2n) is 4.84. The van der Waals surface area contributed by atoms with Crippen LogP contribution in [0.2, 0.25) is 0 Å². The molecule has 25 heavy (non-hydrogen) atoms. The molecule has 0 unspecified atom stereocenters. The Morgan fingerprint density at radius 3 is 2.52 bits per heavy atom. The van der Waals surface area contributed by atoms with Gasteiger partial charge < -0.3 is 4.74 Å². The molecule has 0 saturated heterocycles. The molecule has 2 aromatic carbocycles. The molecule has 0 aliphatic carbocycles. The Morgan fingerprint density at radius 1 is 1.28 bits per heavy atom. The van der Waals surface area contributed by atoms with E-state index < -0.39 is 26.3 Å². The molecule has 0 heterocycles. The van der Waals surface area contributed by atoms with Gasteiger partial charge in [0, 0.05) is 6.07 Å².